The molecule has 0 fully saturated rings. The van der Waals surface area contributed by atoms with Crippen molar-refractivity contribution >= 4 is 0 Å². The molecule has 1 atom stereocenters. The van der Waals surface area contributed by atoms with Crippen LogP contribution >= 0.6 is 0 Å². The van der Waals surface area contributed by atoms with Crippen molar-refractivity contribution in [1.82, 2.24) is 5.32 Å². The molecule has 1 aromatic carbocycles. The Morgan fingerprint density at radius 2 is 1.47 bits per heavy atom. The lowest BCUT2D eigenvalue weighted by Gasteiger charge is -2.25. The number of hydrogen-bond donors (Lipinski definition) is 1. The summed E-state index contributed by atoms with van der Waals surface area (Å²) in [6.07, 6.45) is 1.20. The monoisotopic (exact) mass is 233 g/mol. The average Bonchev–Trinajstić information content (AvgIpc) is 2.24. The van der Waals surface area contributed by atoms with Gasteiger partial charge in [0, 0.05) is 6.04 Å². The van der Waals surface area contributed by atoms with E-state index >= 15 is 0 Å². The highest BCUT2D eigenvalue weighted by atomic mass is 14.9. The topological polar surface area (TPSA) is 12.0 Å². The Morgan fingerprint density at radius 3 is 1.82 bits per heavy atom. The molecule has 1 heteroatoms. The summed E-state index contributed by atoms with van der Waals surface area (Å²) in [6, 6.07) is 2.78. The summed E-state index contributed by atoms with van der Waals surface area (Å²) in [5, 5.41) is 3.49. The molecule has 0 aliphatic carbocycles. The fourth-order valence-corrected chi connectivity index (χ4v) is 2.62. The van der Waals surface area contributed by atoms with Crippen LogP contribution in [0.2, 0.25) is 0 Å². The van der Waals surface area contributed by atoms with Crippen LogP contribution in [-0.4, -0.2) is 7.05 Å². The highest BCUT2D eigenvalue weighted by Gasteiger charge is 2.18. The molecular weight excluding hydrogens is 206 g/mol. The molecule has 1 rings (SSSR count). The van der Waals surface area contributed by atoms with E-state index in [-0.39, 0.29) is 0 Å². The molecule has 0 spiro atoms. The summed E-state index contributed by atoms with van der Waals surface area (Å²) < 4.78 is 0. The van der Waals surface area contributed by atoms with Crippen LogP contribution in [0, 0.1) is 33.6 Å². The van der Waals surface area contributed by atoms with E-state index in [1.165, 1.54) is 34.2 Å². The van der Waals surface area contributed by atoms with Crippen molar-refractivity contribution in [3.05, 3.63) is 33.9 Å². The van der Waals surface area contributed by atoms with Crippen molar-refractivity contribution in [1.29, 1.82) is 0 Å². The summed E-state index contributed by atoms with van der Waals surface area (Å²) in [5.41, 5.74) is 7.24. The Balaban J connectivity index is 3.27. The molecule has 0 aromatic heterocycles. The maximum Gasteiger partial charge on any atom is 0.0325 e. The van der Waals surface area contributed by atoms with E-state index in [0.29, 0.717) is 12.0 Å². The third-order valence-electron chi connectivity index (χ3n) is 3.83. The van der Waals surface area contributed by atoms with E-state index in [1.807, 2.05) is 0 Å². The number of rotatable bonds is 4. The Bertz CT molecular complexity index is 365. The van der Waals surface area contributed by atoms with Crippen LogP contribution in [0.4, 0.5) is 0 Å². The van der Waals surface area contributed by atoms with E-state index in [2.05, 4.69) is 60.0 Å². The first-order valence-electron chi connectivity index (χ1n) is 6.63. The standard InChI is InChI=1S/C16H27N/c1-10(2)8-15(17-7)16-13(5)11(3)9-12(4)14(16)6/h9-10,15,17H,8H2,1-7H3. The zero-order valence-electron chi connectivity index (χ0n) is 12.4. The van der Waals surface area contributed by atoms with Gasteiger partial charge >= 0.3 is 0 Å². The van der Waals surface area contributed by atoms with Gasteiger partial charge < -0.3 is 5.32 Å². The van der Waals surface area contributed by atoms with Crippen LogP contribution in [0.15, 0.2) is 6.07 Å². The molecule has 0 radical (unpaired) electrons. The maximum absolute atomic E-state index is 3.49. The second-order valence-corrected chi connectivity index (χ2v) is 5.64. The first-order chi connectivity index (χ1) is 7.88. The van der Waals surface area contributed by atoms with Crippen molar-refractivity contribution in [2.24, 2.45) is 5.92 Å². The predicted octanol–water partition coefficient (Wildman–Crippen LogP) is 4.23. The fraction of sp³-hybridized carbons (Fsp3) is 0.625. The molecule has 0 amide bonds. The number of nitrogens with one attached hydrogen (secondary N) is 1. The summed E-state index contributed by atoms with van der Waals surface area (Å²) in [5.74, 6) is 0.715. The van der Waals surface area contributed by atoms with Gasteiger partial charge in [0.05, 0.1) is 0 Å². The number of benzene rings is 1. The molecule has 1 N–H and O–H groups in total. The van der Waals surface area contributed by atoms with Gasteiger partial charge in [0.25, 0.3) is 0 Å². The van der Waals surface area contributed by atoms with E-state index in [0.717, 1.165) is 0 Å². The smallest absolute Gasteiger partial charge is 0.0325 e. The Hall–Kier alpha value is -0.820. The molecule has 0 saturated heterocycles. The van der Waals surface area contributed by atoms with Gasteiger partial charge in [-0.05, 0) is 74.9 Å². The van der Waals surface area contributed by atoms with Crippen molar-refractivity contribution in [3.63, 3.8) is 0 Å². The molecule has 0 aliphatic heterocycles. The molecule has 1 nitrogen and oxygen atoms in total. The van der Waals surface area contributed by atoms with Crippen molar-refractivity contribution in [3.8, 4) is 0 Å². The molecule has 1 aromatic rings. The van der Waals surface area contributed by atoms with Gasteiger partial charge in [0.15, 0.2) is 0 Å². The number of aryl methyl sites for hydroxylation is 2. The van der Waals surface area contributed by atoms with E-state index in [1.54, 1.807) is 0 Å². The van der Waals surface area contributed by atoms with Crippen molar-refractivity contribution in [2.75, 3.05) is 7.05 Å². The minimum Gasteiger partial charge on any atom is -0.313 e. The Morgan fingerprint density at radius 1 is 1.00 bits per heavy atom. The lowest BCUT2D eigenvalue weighted by Crippen LogP contribution is -2.21. The maximum atomic E-state index is 3.49. The summed E-state index contributed by atoms with van der Waals surface area (Å²) in [7, 11) is 2.07. The van der Waals surface area contributed by atoms with Crippen LogP contribution in [0.3, 0.4) is 0 Å². The fourth-order valence-electron chi connectivity index (χ4n) is 2.62. The number of hydrogen-bond acceptors (Lipinski definition) is 1. The molecule has 0 saturated carbocycles. The van der Waals surface area contributed by atoms with Gasteiger partial charge in [-0.2, -0.15) is 0 Å². The highest BCUT2D eigenvalue weighted by molar-refractivity contribution is 5.45. The molecule has 0 heterocycles. The van der Waals surface area contributed by atoms with Crippen LogP contribution in [0.25, 0.3) is 0 Å². The molecule has 1 unspecified atom stereocenters. The first-order valence-corrected chi connectivity index (χ1v) is 6.63. The van der Waals surface area contributed by atoms with Gasteiger partial charge in [0.1, 0.15) is 0 Å². The average molecular weight is 233 g/mol. The van der Waals surface area contributed by atoms with Crippen LogP contribution in [0.1, 0.15) is 54.1 Å². The van der Waals surface area contributed by atoms with Crippen LogP contribution in [0.5, 0.6) is 0 Å². The second-order valence-electron chi connectivity index (χ2n) is 5.64. The van der Waals surface area contributed by atoms with Gasteiger partial charge in [-0.25, -0.2) is 0 Å². The molecule has 0 aliphatic rings. The normalized spacial score (nSPS) is 13.2. The zero-order chi connectivity index (χ0) is 13.2. The van der Waals surface area contributed by atoms with Gasteiger partial charge in [0.2, 0.25) is 0 Å². The summed E-state index contributed by atoms with van der Waals surface area (Å²) >= 11 is 0. The molecule has 17 heavy (non-hydrogen) atoms. The highest BCUT2D eigenvalue weighted by Crippen LogP contribution is 2.30. The molecule has 96 valence electrons. The second kappa shape index (κ2) is 5.68. The Kier molecular flexibility index (Phi) is 4.76. The quantitative estimate of drug-likeness (QED) is 0.820. The van der Waals surface area contributed by atoms with Crippen molar-refractivity contribution < 1.29 is 0 Å². The van der Waals surface area contributed by atoms with E-state index in [4.69, 9.17) is 0 Å². The molecule has 0 bridgehead atoms. The van der Waals surface area contributed by atoms with E-state index < -0.39 is 0 Å². The van der Waals surface area contributed by atoms with Gasteiger partial charge in [-0.1, -0.05) is 19.9 Å². The Labute approximate surface area is 107 Å². The van der Waals surface area contributed by atoms with Crippen LogP contribution < -0.4 is 5.32 Å². The summed E-state index contributed by atoms with van der Waals surface area (Å²) in [6.45, 7) is 13.5. The van der Waals surface area contributed by atoms with Crippen molar-refractivity contribution in [2.45, 2.75) is 54.0 Å². The molecular formula is C16H27N. The first kappa shape index (κ1) is 14.2. The zero-order valence-corrected chi connectivity index (χ0v) is 12.4. The van der Waals surface area contributed by atoms with Crippen LogP contribution in [-0.2, 0) is 0 Å². The third kappa shape index (κ3) is 3.10. The predicted molar refractivity (Wildman–Crippen MR) is 76.6 cm³/mol. The third-order valence-corrected chi connectivity index (χ3v) is 3.83. The van der Waals surface area contributed by atoms with Gasteiger partial charge in [-0.3, -0.25) is 0 Å². The minimum absolute atomic E-state index is 0.480. The lowest BCUT2D eigenvalue weighted by molar-refractivity contribution is 0.453. The van der Waals surface area contributed by atoms with Gasteiger partial charge in [-0.15, -0.1) is 0 Å². The lowest BCUT2D eigenvalue weighted by atomic mass is 9.86. The minimum atomic E-state index is 0.480. The largest absolute Gasteiger partial charge is 0.313 e. The summed E-state index contributed by atoms with van der Waals surface area (Å²) in [4.78, 5) is 0. The SMILES string of the molecule is CNC(CC(C)C)c1c(C)c(C)cc(C)c1C. The van der Waals surface area contributed by atoms with E-state index in [9.17, 15) is 0 Å².